The first-order chi connectivity index (χ1) is 6.20. The molecule has 74 valence electrons. The van der Waals surface area contributed by atoms with Crippen molar-refractivity contribution in [2.45, 2.75) is 12.8 Å². The molecule has 1 rings (SSSR count). The average molecular weight is 203 g/mol. The summed E-state index contributed by atoms with van der Waals surface area (Å²) in [6, 6.07) is 0. The minimum atomic E-state index is 0.187. The van der Waals surface area contributed by atoms with Crippen LogP contribution in [0, 0.1) is 5.92 Å². The maximum Gasteiger partial charge on any atom is 0.223 e. The predicted octanol–water partition coefficient (Wildman–Crippen LogP) is 0.855. The Hall–Kier alpha value is -0.540. The number of carbonyl (C=O) groups excluding carboxylic acids is 1. The molecule has 1 aliphatic rings. The SMILES string of the molecule is C=C(Cl)CNCCNC(=O)C1CC1. The van der Waals surface area contributed by atoms with Crippen molar-refractivity contribution < 1.29 is 4.79 Å². The molecule has 1 saturated carbocycles. The molecule has 3 nitrogen and oxygen atoms in total. The van der Waals surface area contributed by atoms with Gasteiger partial charge in [-0.25, -0.2) is 0 Å². The molecule has 0 aliphatic heterocycles. The Morgan fingerprint density at radius 1 is 1.46 bits per heavy atom. The van der Waals surface area contributed by atoms with E-state index in [2.05, 4.69) is 17.2 Å². The van der Waals surface area contributed by atoms with Gasteiger partial charge in [0.25, 0.3) is 0 Å². The molecule has 0 bridgehead atoms. The molecule has 0 spiro atoms. The third kappa shape index (κ3) is 4.90. The van der Waals surface area contributed by atoms with Gasteiger partial charge in [-0.1, -0.05) is 18.2 Å². The van der Waals surface area contributed by atoms with E-state index >= 15 is 0 Å². The summed E-state index contributed by atoms with van der Waals surface area (Å²) in [6.07, 6.45) is 2.11. The van der Waals surface area contributed by atoms with Gasteiger partial charge in [-0.15, -0.1) is 0 Å². The number of hydrogen-bond acceptors (Lipinski definition) is 2. The summed E-state index contributed by atoms with van der Waals surface area (Å²) in [5.74, 6) is 0.481. The molecular weight excluding hydrogens is 188 g/mol. The summed E-state index contributed by atoms with van der Waals surface area (Å²) >= 11 is 5.54. The van der Waals surface area contributed by atoms with Gasteiger partial charge in [-0.2, -0.15) is 0 Å². The number of carbonyl (C=O) groups is 1. The predicted molar refractivity (Wildman–Crippen MR) is 53.6 cm³/mol. The van der Waals surface area contributed by atoms with E-state index in [4.69, 9.17) is 11.6 Å². The Bertz CT molecular complexity index is 202. The smallest absolute Gasteiger partial charge is 0.223 e. The maximum atomic E-state index is 11.1. The van der Waals surface area contributed by atoms with E-state index in [1.165, 1.54) is 0 Å². The highest BCUT2D eigenvalue weighted by Crippen LogP contribution is 2.28. The molecule has 0 unspecified atom stereocenters. The molecule has 0 heterocycles. The standard InChI is InChI=1S/C9H15ClN2O/c1-7(10)6-11-4-5-12-9(13)8-2-3-8/h8,11H,1-6H2,(H,12,13). The zero-order valence-electron chi connectivity index (χ0n) is 7.61. The average Bonchev–Trinajstić information content (AvgIpc) is 2.85. The first-order valence-electron chi connectivity index (χ1n) is 4.52. The van der Waals surface area contributed by atoms with Crippen LogP contribution in [0.5, 0.6) is 0 Å². The summed E-state index contributed by atoms with van der Waals surface area (Å²) in [7, 11) is 0. The zero-order valence-corrected chi connectivity index (χ0v) is 8.36. The van der Waals surface area contributed by atoms with Gasteiger partial charge in [0, 0.05) is 30.6 Å². The Kier molecular flexibility index (Phi) is 4.25. The van der Waals surface area contributed by atoms with E-state index < -0.39 is 0 Å². The quantitative estimate of drug-likeness (QED) is 0.628. The maximum absolute atomic E-state index is 11.1. The summed E-state index contributed by atoms with van der Waals surface area (Å²) in [6.45, 7) is 5.55. The van der Waals surface area contributed by atoms with E-state index in [9.17, 15) is 4.79 Å². The van der Waals surface area contributed by atoms with E-state index in [1.54, 1.807) is 0 Å². The lowest BCUT2D eigenvalue weighted by Gasteiger charge is -2.04. The van der Waals surface area contributed by atoms with E-state index in [0.717, 1.165) is 19.4 Å². The van der Waals surface area contributed by atoms with Crippen LogP contribution >= 0.6 is 11.6 Å². The minimum absolute atomic E-state index is 0.187. The molecule has 1 fully saturated rings. The summed E-state index contributed by atoms with van der Waals surface area (Å²) < 4.78 is 0. The molecule has 0 aromatic carbocycles. The van der Waals surface area contributed by atoms with Crippen LogP contribution in [0.3, 0.4) is 0 Å². The van der Waals surface area contributed by atoms with Gasteiger partial charge in [-0.05, 0) is 12.8 Å². The molecule has 1 aliphatic carbocycles. The summed E-state index contributed by atoms with van der Waals surface area (Å²) in [4.78, 5) is 11.1. The Balaban J connectivity index is 1.88. The molecule has 0 aromatic heterocycles. The lowest BCUT2D eigenvalue weighted by Crippen LogP contribution is -2.33. The zero-order chi connectivity index (χ0) is 9.68. The van der Waals surface area contributed by atoms with Crippen molar-refractivity contribution in [1.82, 2.24) is 10.6 Å². The molecule has 4 heteroatoms. The van der Waals surface area contributed by atoms with Crippen LogP contribution in [-0.4, -0.2) is 25.5 Å². The van der Waals surface area contributed by atoms with Gasteiger partial charge in [0.05, 0.1) is 0 Å². The van der Waals surface area contributed by atoms with Crippen molar-refractivity contribution in [2.24, 2.45) is 5.92 Å². The van der Waals surface area contributed by atoms with Gasteiger partial charge < -0.3 is 10.6 Å². The van der Waals surface area contributed by atoms with Crippen LogP contribution < -0.4 is 10.6 Å². The second-order valence-electron chi connectivity index (χ2n) is 3.26. The van der Waals surface area contributed by atoms with Crippen LogP contribution in [0.1, 0.15) is 12.8 Å². The third-order valence-corrected chi connectivity index (χ3v) is 2.00. The first-order valence-corrected chi connectivity index (χ1v) is 4.89. The van der Waals surface area contributed by atoms with Crippen LogP contribution in [0.4, 0.5) is 0 Å². The number of nitrogens with one attached hydrogen (secondary N) is 2. The van der Waals surface area contributed by atoms with Crippen molar-refractivity contribution in [3.05, 3.63) is 11.6 Å². The monoisotopic (exact) mass is 202 g/mol. The number of halogens is 1. The fourth-order valence-electron chi connectivity index (χ4n) is 0.988. The van der Waals surface area contributed by atoms with Gasteiger partial charge >= 0.3 is 0 Å². The van der Waals surface area contributed by atoms with Gasteiger partial charge in [0.1, 0.15) is 0 Å². The van der Waals surface area contributed by atoms with Crippen LogP contribution in [0.15, 0.2) is 11.6 Å². The second kappa shape index (κ2) is 5.25. The van der Waals surface area contributed by atoms with Gasteiger partial charge in [-0.3, -0.25) is 4.79 Å². The van der Waals surface area contributed by atoms with Crippen molar-refractivity contribution in [1.29, 1.82) is 0 Å². The fourth-order valence-corrected chi connectivity index (χ4v) is 1.08. The van der Waals surface area contributed by atoms with Crippen molar-refractivity contribution in [3.63, 3.8) is 0 Å². The topological polar surface area (TPSA) is 41.1 Å². The lowest BCUT2D eigenvalue weighted by atomic mass is 10.4. The van der Waals surface area contributed by atoms with E-state index in [-0.39, 0.29) is 5.91 Å². The van der Waals surface area contributed by atoms with Crippen LogP contribution in [0.2, 0.25) is 0 Å². The number of hydrogen-bond donors (Lipinski definition) is 2. The van der Waals surface area contributed by atoms with Crippen LogP contribution in [0.25, 0.3) is 0 Å². The Labute approximate surface area is 83.5 Å². The number of rotatable bonds is 6. The van der Waals surface area contributed by atoms with Gasteiger partial charge in [0.15, 0.2) is 0 Å². The second-order valence-corrected chi connectivity index (χ2v) is 3.79. The Morgan fingerprint density at radius 3 is 2.69 bits per heavy atom. The Morgan fingerprint density at radius 2 is 2.15 bits per heavy atom. The largest absolute Gasteiger partial charge is 0.355 e. The molecule has 0 atom stereocenters. The highest BCUT2D eigenvalue weighted by atomic mass is 35.5. The highest BCUT2D eigenvalue weighted by molar-refractivity contribution is 6.29. The van der Waals surface area contributed by atoms with Gasteiger partial charge in [0.2, 0.25) is 5.91 Å². The molecule has 1 amide bonds. The normalized spacial score (nSPS) is 15.5. The summed E-state index contributed by atoms with van der Waals surface area (Å²) in [5.41, 5.74) is 0. The van der Waals surface area contributed by atoms with Crippen LogP contribution in [-0.2, 0) is 4.79 Å². The minimum Gasteiger partial charge on any atom is -0.355 e. The van der Waals surface area contributed by atoms with Crippen molar-refractivity contribution in [3.8, 4) is 0 Å². The van der Waals surface area contributed by atoms with Crippen molar-refractivity contribution >= 4 is 17.5 Å². The molecular formula is C9H15ClN2O. The molecule has 0 aromatic rings. The fraction of sp³-hybridized carbons (Fsp3) is 0.667. The van der Waals surface area contributed by atoms with E-state index in [0.29, 0.717) is 24.0 Å². The van der Waals surface area contributed by atoms with Crippen molar-refractivity contribution in [2.75, 3.05) is 19.6 Å². The third-order valence-electron chi connectivity index (χ3n) is 1.87. The molecule has 0 radical (unpaired) electrons. The molecule has 13 heavy (non-hydrogen) atoms. The first kappa shape index (κ1) is 10.5. The lowest BCUT2D eigenvalue weighted by molar-refractivity contribution is -0.122. The number of amides is 1. The molecule has 0 saturated heterocycles. The summed E-state index contributed by atoms with van der Waals surface area (Å²) in [5, 5.41) is 6.49. The van der Waals surface area contributed by atoms with E-state index in [1.807, 2.05) is 0 Å². The molecule has 2 N–H and O–H groups in total. The highest BCUT2D eigenvalue weighted by Gasteiger charge is 2.28.